The predicted octanol–water partition coefficient (Wildman–Crippen LogP) is -1.74. The van der Waals surface area contributed by atoms with Gasteiger partial charge in [0, 0.05) is 19.0 Å². The minimum atomic E-state index is -1.52. The highest BCUT2D eigenvalue weighted by atomic mass is 16.4. The summed E-state index contributed by atoms with van der Waals surface area (Å²) < 4.78 is 0. The zero-order chi connectivity index (χ0) is 31.9. The highest BCUT2D eigenvalue weighted by molar-refractivity contribution is 6.00. The van der Waals surface area contributed by atoms with Gasteiger partial charge in [0.25, 0.3) is 0 Å². The van der Waals surface area contributed by atoms with Crippen molar-refractivity contribution in [2.75, 3.05) is 13.1 Å². The van der Waals surface area contributed by atoms with Crippen LogP contribution in [0.1, 0.15) is 56.9 Å². The molecule has 3 fully saturated rings. The van der Waals surface area contributed by atoms with Crippen LogP contribution in [0.3, 0.4) is 0 Å². The first-order valence-corrected chi connectivity index (χ1v) is 14.8. The Morgan fingerprint density at radius 3 is 2.43 bits per heavy atom. The quantitative estimate of drug-likeness (QED) is 0.1000. The van der Waals surface area contributed by atoms with Crippen LogP contribution in [0.4, 0.5) is 0 Å². The van der Waals surface area contributed by atoms with Gasteiger partial charge in [0.15, 0.2) is 5.96 Å². The number of carbonyl (C=O) groups is 6. The summed E-state index contributed by atoms with van der Waals surface area (Å²) in [5.41, 5.74) is 10.0. The summed E-state index contributed by atoms with van der Waals surface area (Å²) in [5.74, 6) is -4.76. The summed E-state index contributed by atoms with van der Waals surface area (Å²) in [6.07, 6.45) is 2.15. The molecule has 5 atom stereocenters. The molecular formula is C29H40N8O7. The van der Waals surface area contributed by atoms with Crippen LogP contribution in [0.5, 0.6) is 0 Å². The van der Waals surface area contributed by atoms with Crippen molar-refractivity contribution in [3.05, 3.63) is 35.9 Å². The monoisotopic (exact) mass is 612 g/mol. The molecule has 3 aliphatic rings. The lowest BCUT2D eigenvalue weighted by molar-refractivity contribution is -0.148. The first-order valence-electron chi connectivity index (χ1n) is 14.8. The topological polar surface area (TPSA) is 238 Å². The van der Waals surface area contributed by atoms with Gasteiger partial charge >= 0.3 is 5.97 Å². The summed E-state index contributed by atoms with van der Waals surface area (Å²) in [6.45, 7) is -0.376. The normalized spacial score (nSPS) is 27.9. The second-order valence-electron chi connectivity index (χ2n) is 11.5. The minimum absolute atomic E-state index is 0.0944. The van der Waals surface area contributed by atoms with Crippen LogP contribution in [0.25, 0.3) is 0 Å². The molecule has 0 radical (unpaired) electrons. The molecule has 5 amide bonds. The summed E-state index contributed by atoms with van der Waals surface area (Å²) in [4.78, 5) is 85.1. The fourth-order valence-corrected chi connectivity index (χ4v) is 6.28. The first-order chi connectivity index (χ1) is 21.0. The molecule has 0 saturated carbocycles. The van der Waals surface area contributed by atoms with Crippen LogP contribution >= 0.6 is 0 Å². The number of hydrogen-bond donors (Lipinski definition) is 7. The number of benzene rings is 1. The van der Waals surface area contributed by atoms with E-state index in [1.165, 1.54) is 4.90 Å². The molecule has 0 unspecified atom stereocenters. The van der Waals surface area contributed by atoms with Crippen molar-refractivity contribution < 1.29 is 33.9 Å². The Hall–Kier alpha value is -4.69. The van der Waals surface area contributed by atoms with Crippen molar-refractivity contribution in [1.29, 1.82) is 0 Å². The third-order valence-corrected chi connectivity index (χ3v) is 8.33. The van der Waals surface area contributed by atoms with Crippen LogP contribution < -0.4 is 32.7 Å². The van der Waals surface area contributed by atoms with Gasteiger partial charge in [0.2, 0.25) is 29.5 Å². The van der Waals surface area contributed by atoms with Gasteiger partial charge in [-0.15, -0.1) is 0 Å². The van der Waals surface area contributed by atoms with E-state index in [9.17, 15) is 33.9 Å². The number of carboxylic acid groups (broad SMARTS) is 1. The summed E-state index contributed by atoms with van der Waals surface area (Å²) >= 11 is 0. The molecule has 15 heteroatoms. The van der Waals surface area contributed by atoms with Crippen LogP contribution in [-0.2, 0) is 35.2 Å². The Morgan fingerprint density at radius 1 is 0.977 bits per heavy atom. The van der Waals surface area contributed by atoms with Crippen molar-refractivity contribution in [2.45, 2.75) is 87.5 Å². The Morgan fingerprint density at radius 2 is 1.73 bits per heavy atom. The van der Waals surface area contributed by atoms with Crippen molar-refractivity contribution in [3.8, 4) is 0 Å². The number of aliphatic imine (C=N–C) groups is 1. The van der Waals surface area contributed by atoms with E-state index in [4.69, 9.17) is 11.5 Å². The van der Waals surface area contributed by atoms with Crippen LogP contribution in [0.15, 0.2) is 35.3 Å². The molecular weight excluding hydrogens is 572 g/mol. The third-order valence-electron chi connectivity index (χ3n) is 8.33. The van der Waals surface area contributed by atoms with Gasteiger partial charge in [-0.3, -0.25) is 33.8 Å². The van der Waals surface area contributed by atoms with Crippen molar-refractivity contribution in [1.82, 2.24) is 26.2 Å². The molecule has 15 nitrogen and oxygen atoms in total. The number of nitrogens with one attached hydrogen (secondary N) is 4. The van der Waals surface area contributed by atoms with E-state index in [1.54, 1.807) is 12.1 Å². The molecule has 1 aromatic carbocycles. The molecule has 9 N–H and O–H groups in total. The molecule has 0 spiro atoms. The highest BCUT2D eigenvalue weighted by Gasteiger charge is 2.52. The molecule has 4 rings (SSSR count). The van der Waals surface area contributed by atoms with Crippen molar-refractivity contribution in [2.24, 2.45) is 16.5 Å². The maximum Gasteiger partial charge on any atom is 0.305 e. The fraction of sp³-hybridized carbons (Fsp3) is 0.552. The zero-order valence-electron chi connectivity index (χ0n) is 24.4. The number of nitrogens with zero attached hydrogens (tertiary/aromatic N) is 2. The molecule has 3 aliphatic heterocycles. The number of carboxylic acids is 1. The number of amides is 5. The van der Waals surface area contributed by atoms with E-state index in [0.717, 1.165) is 5.56 Å². The van der Waals surface area contributed by atoms with Gasteiger partial charge in [0.05, 0.1) is 13.0 Å². The zero-order valence-corrected chi connectivity index (χ0v) is 24.4. The summed E-state index contributed by atoms with van der Waals surface area (Å²) in [7, 11) is 0. The van der Waals surface area contributed by atoms with E-state index < -0.39 is 72.1 Å². The third kappa shape index (κ3) is 7.82. The van der Waals surface area contributed by atoms with Crippen molar-refractivity contribution >= 4 is 41.5 Å². The minimum Gasteiger partial charge on any atom is -0.481 e. The number of rotatable bonds is 8. The van der Waals surface area contributed by atoms with Crippen LogP contribution in [0, 0.1) is 0 Å². The maximum atomic E-state index is 14.6. The average molecular weight is 613 g/mol. The lowest BCUT2D eigenvalue weighted by Crippen LogP contribution is -2.65. The van der Waals surface area contributed by atoms with Gasteiger partial charge < -0.3 is 42.7 Å². The second kappa shape index (κ2) is 14.2. The van der Waals surface area contributed by atoms with Gasteiger partial charge in [-0.25, -0.2) is 0 Å². The smallest absolute Gasteiger partial charge is 0.305 e. The molecule has 238 valence electrons. The highest BCUT2D eigenvalue weighted by Crippen LogP contribution is 2.37. The van der Waals surface area contributed by atoms with Gasteiger partial charge in [0.1, 0.15) is 23.7 Å². The molecule has 0 aromatic heterocycles. The van der Waals surface area contributed by atoms with Crippen LogP contribution in [-0.4, -0.2) is 94.3 Å². The molecule has 2 bridgehead atoms. The predicted molar refractivity (Wildman–Crippen MR) is 158 cm³/mol. The summed E-state index contributed by atoms with van der Waals surface area (Å²) in [6, 6.07) is 5.33. The van der Waals surface area contributed by atoms with E-state index in [0.29, 0.717) is 32.1 Å². The van der Waals surface area contributed by atoms with E-state index in [-0.39, 0.29) is 37.8 Å². The first kappa shape index (κ1) is 32.2. The van der Waals surface area contributed by atoms with Gasteiger partial charge in [-0.2, -0.15) is 0 Å². The largest absolute Gasteiger partial charge is 0.481 e. The van der Waals surface area contributed by atoms with Gasteiger partial charge in [-0.05, 0) is 50.5 Å². The SMILES string of the molecule is NC(N)=NCCC[C@@H]1NC(=O)[C@@H]2CC[C@@H]3CCC[C@](Cc4ccccc4)(NC(=O)[C@H](CC(=O)O)NC(=O)CNC1=O)C(=O)N32. The molecule has 3 saturated heterocycles. The van der Waals surface area contributed by atoms with E-state index in [2.05, 4.69) is 26.3 Å². The maximum absolute atomic E-state index is 14.6. The van der Waals surface area contributed by atoms with Gasteiger partial charge in [-0.1, -0.05) is 30.3 Å². The number of guanidine groups is 1. The number of carbonyl (C=O) groups excluding carboxylic acids is 5. The van der Waals surface area contributed by atoms with E-state index in [1.807, 2.05) is 18.2 Å². The molecule has 44 heavy (non-hydrogen) atoms. The van der Waals surface area contributed by atoms with Crippen molar-refractivity contribution in [3.63, 3.8) is 0 Å². The molecule has 0 aliphatic carbocycles. The lowest BCUT2D eigenvalue weighted by Gasteiger charge is -2.39. The number of aliphatic carboxylic acids is 1. The number of hydrogen-bond acceptors (Lipinski definition) is 7. The lowest BCUT2D eigenvalue weighted by atomic mass is 9.84. The number of fused-ring (bicyclic) bond motifs is 1. The van der Waals surface area contributed by atoms with E-state index >= 15 is 0 Å². The summed E-state index contributed by atoms with van der Waals surface area (Å²) in [5, 5.41) is 20.0. The standard InChI is InChI=1S/C29H40N8O7/c30-28(31)32-13-5-9-19-24(41)33-16-22(38)34-20(14-23(39)40)25(42)36-29(15-17-6-2-1-3-7-17)12-4-8-18-10-11-21(26(43)35-19)37(18)27(29)44/h1-3,6-7,18-21H,4-5,8-16H2,(H,33,41)(H,34,38)(H,35,43)(H,36,42)(H,39,40)(H4,30,31,32)/t18-,19-,20-,21-,29+/m0/s1. The Kier molecular flexibility index (Phi) is 10.4. The van der Waals surface area contributed by atoms with Crippen LogP contribution in [0.2, 0.25) is 0 Å². The Balaban J connectivity index is 1.74. The number of nitrogens with two attached hydrogens (primary N) is 2. The fourth-order valence-electron chi connectivity index (χ4n) is 6.28. The Labute approximate surface area is 254 Å². The average Bonchev–Trinajstić information content (AvgIpc) is 3.34. The second-order valence-corrected chi connectivity index (χ2v) is 11.5. The Bertz CT molecular complexity index is 1300. The molecule has 3 heterocycles. The molecule has 1 aromatic rings.